The van der Waals surface area contributed by atoms with E-state index in [4.69, 9.17) is 0 Å². The molecular formula is C22H25FN4O4. The molecule has 0 spiro atoms. The van der Waals surface area contributed by atoms with Gasteiger partial charge in [-0.1, -0.05) is 0 Å². The van der Waals surface area contributed by atoms with E-state index in [1.54, 1.807) is 48.2 Å². The second-order valence-electron chi connectivity index (χ2n) is 7.18. The third-order valence-electron chi connectivity index (χ3n) is 5.07. The Morgan fingerprint density at radius 1 is 0.968 bits per heavy atom. The molecule has 8 nitrogen and oxygen atoms in total. The second kappa shape index (κ2) is 9.92. The molecule has 0 aromatic heterocycles. The number of ether oxygens (including phenoxy) is 1. The number of nitrogens with zero attached hydrogens (tertiary/aromatic N) is 2. The number of piperazine rings is 1. The molecule has 3 rings (SSSR count). The number of hydrogen-bond acceptors (Lipinski definition) is 5. The topological polar surface area (TPSA) is 91.0 Å². The fourth-order valence-electron chi connectivity index (χ4n) is 3.22. The molecule has 0 unspecified atom stereocenters. The van der Waals surface area contributed by atoms with Crippen molar-refractivity contribution in [2.75, 3.05) is 43.5 Å². The van der Waals surface area contributed by atoms with Crippen LogP contribution in [0, 0.1) is 5.82 Å². The van der Waals surface area contributed by atoms with Crippen molar-refractivity contribution in [3.8, 4) is 0 Å². The summed E-state index contributed by atoms with van der Waals surface area (Å²) >= 11 is 0. The first-order valence-electron chi connectivity index (χ1n) is 9.92. The molecular weight excluding hydrogens is 403 g/mol. The van der Waals surface area contributed by atoms with Crippen molar-refractivity contribution >= 4 is 29.3 Å². The smallest absolute Gasteiger partial charge is 0.337 e. The van der Waals surface area contributed by atoms with E-state index in [-0.39, 0.29) is 17.8 Å². The van der Waals surface area contributed by atoms with E-state index in [9.17, 15) is 18.8 Å². The molecule has 1 fully saturated rings. The maximum atomic E-state index is 13.1. The first kappa shape index (κ1) is 22.1. The molecule has 1 aliphatic heterocycles. The molecule has 0 saturated carbocycles. The van der Waals surface area contributed by atoms with Crippen LogP contribution >= 0.6 is 0 Å². The standard InChI is InChI=1S/C22H25FN4O4/c1-15(20(28)25-18-7-3-16(4-8-18)21(29)31-2)24-22(30)27-13-11-26(12-14-27)19-9-5-17(23)6-10-19/h3-10,15H,11-14H2,1-2H3,(H,24,30)(H,25,28)/t15-/m1/s1. The normalized spacial score (nSPS) is 14.5. The highest BCUT2D eigenvalue weighted by Crippen LogP contribution is 2.17. The Kier molecular flexibility index (Phi) is 7.07. The molecule has 31 heavy (non-hydrogen) atoms. The minimum Gasteiger partial charge on any atom is -0.465 e. The van der Waals surface area contributed by atoms with E-state index < -0.39 is 12.0 Å². The van der Waals surface area contributed by atoms with Gasteiger partial charge in [-0.25, -0.2) is 14.0 Å². The minimum absolute atomic E-state index is 0.284. The molecule has 0 bridgehead atoms. The van der Waals surface area contributed by atoms with Crippen molar-refractivity contribution in [3.63, 3.8) is 0 Å². The monoisotopic (exact) mass is 428 g/mol. The van der Waals surface area contributed by atoms with Crippen LogP contribution in [0.3, 0.4) is 0 Å². The van der Waals surface area contributed by atoms with Crippen molar-refractivity contribution in [1.82, 2.24) is 10.2 Å². The van der Waals surface area contributed by atoms with E-state index in [0.717, 1.165) is 5.69 Å². The van der Waals surface area contributed by atoms with Gasteiger partial charge in [-0.15, -0.1) is 0 Å². The highest BCUT2D eigenvalue weighted by Gasteiger charge is 2.24. The van der Waals surface area contributed by atoms with Gasteiger partial charge in [-0.2, -0.15) is 0 Å². The summed E-state index contributed by atoms with van der Waals surface area (Å²) in [6.45, 7) is 3.82. The van der Waals surface area contributed by atoms with Crippen LogP contribution in [0.5, 0.6) is 0 Å². The second-order valence-corrected chi connectivity index (χ2v) is 7.18. The lowest BCUT2D eigenvalue weighted by Crippen LogP contribution is -2.54. The number of urea groups is 1. The zero-order valence-electron chi connectivity index (χ0n) is 17.4. The van der Waals surface area contributed by atoms with Crippen molar-refractivity contribution in [1.29, 1.82) is 0 Å². The summed E-state index contributed by atoms with van der Waals surface area (Å²) in [6.07, 6.45) is 0. The fourth-order valence-corrected chi connectivity index (χ4v) is 3.22. The van der Waals surface area contributed by atoms with E-state index in [1.807, 2.05) is 0 Å². The third kappa shape index (κ3) is 5.71. The van der Waals surface area contributed by atoms with Crippen LogP contribution < -0.4 is 15.5 Å². The van der Waals surface area contributed by atoms with Gasteiger partial charge in [-0.05, 0) is 55.5 Å². The number of halogens is 1. The quantitative estimate of drug-likeness (QED) is 0.714. The van der Waals surface area contributed by atoms with Crippen LogP contribution in [0.2, 0.25) is 0 Å². The van der Waals surface area contributed by atoms with Crippen LogP contribution in [-0.4, -0.2) is 62.1 Å². The number of amides is 3. The molecule has 3 amide bonds. The molecule has 1 heterocycles. The third-order valence-corrected chi connectivity index (χ3v) is 5.07. The van der Waals surface area contributed by atoms with Gasteiger partial charge in [0.15, 0.2) is 0 Å². The van der Waals surface area contributed by atoms with Gasteiger partial charge in [0.05, 0.1) is 12.7 Å². The molecule has 164 valence electrons. The van der Waals surface area contributed by atoms with Crippen LogP contribution in [0.4, 0.5) is 20.6 Å². The summed E-state index contributed by atoms with van der Waals surface area (Å²) in [5, 5.41) is 5.41. The summed E-state index contributed by atoms with van der Waals surface area (Å²) < 4.78 is 17.7. The van der Waals surface area contributed by atoms with Crippen LogP contribution in [0.1, 0.15) is 17.3 Å². The van der Waals surface area contributed by atoms with E-state index >= 15 is 0 Å². The number of carbonyl (C=O) groups excluding carboxylic acids is 3. The molecule has 1 saturated heterocycles. The first-order chi connectivity index (χ1) is 14.9. The van der Waals surface area contributed by atoms with Gasteiger partial charge >= 0.3 is 12.0 Å². The number of nitrogens with one attached hydrogen (secondary N) is 2. The predicted octanol–water partition coefficient (Wildman–Crippen LogP) is 2.47. The Hall–Kier alpha value is -3.62. The largest absolute Gasteiger partial charge is 0.465 e. The number of anilines is 2. The van der Waals surface area contributed by atoms with Gasteiger partial charge in [0, 0.05) is 37.6 Å². The van der Waals surface area contributed by atoms with Crippen molar-refractivity contribution in [3.05, 3.63) is 59.9 Å². The number of rotatable bonds is 5. The zero-order chi connectivity index (χ0) is 22.4. The molecule has 0 radical (unpaired) electrons. The number of carbonyl (C=O) groups is 3. The highest BCUT2D eigenvalue weighted by molar-refractivity contribution is 5.97. The molecule has 0 aliphatic carbocycles. The summed E-state index contributed by atoms with van der Waals surface area (Å²) in [4.78, 5) is 40.1. The lowest BCUT2D eigenvalue weighted by molar-refractivity contribution is -0.117. The Morgan fingerprint density at radius 3 is 2.16 bits per heavy atom. The number of benzene rings is 2. The van der Waals surface area contributed by atoms with Crippen molar-refractivity contribution in [2.45, 2.75) is 13.0 Å². The maximum Gasteiger partial charge on any atom is 0.337 e. The van der Waals surface area contributed by atoms with Crippen molar-refractivity contribution in [2.24, 2.45) is 0 Å². The number of hydrogen-bond donors (Lipinski definition) is 2. The van der Waals surface area contributed by atoms with Gasteiger partial charge in [0.2, 0.25) is 5.91 Å². The Bertz CT molecular complexity index is 926. The molecule has 1 aliphatic rings. The number of methoxy groups -OCH3 is 1. The maximum absolute atomic E-state index is 13.1. The van der Waals surface area contributed by atoms with E-state index in [1.165, 1.54) is 19.2 Å². The Labute approximate surface area is 180 Å². The van der Waals surface area contributed by atoms with Crippen LogP contribution in [0.15, 0.2) is 48.5 Å². The van der Waals surface area contributed by atoms with Crippen LogP contribution in [-0.2, 0) is 9.53 Å². The lowest BCUT2D eigenvalue weighted by Gasteiger charge is -2.36. The van der Waals surface area contributed by atoms with Gasteiger partial charge in [-0.3, -0.25) is 4.79 Å². The molecule has 2 aromatic carbocycles. The molecule has 2 N–H and O–H groups in total. The molecule has 1 atom stereocenters. The Morgan fingerprint density at radius 2 is 1.58 bits per heavy atom. The SMILES string of the molecule is COC(=O)c1ccc(NC(=O)[C@@H](C)NC(=O)N2CCN(c3ccc(F)cc3)CC2)cc1. The summed E-state index contributed by atoms with van der Waals surface area (Å²) in [5.74, 6) is -1.12. The average Bonchev–Trinajstić information content (AvgIpc) is 2.79. The zero-order valence-corrected chi connectivity index (χ0v) is 17.4. The lowest BCUT2D eigenvalue weighted by atomic mass is 10.2. The van der Waals surface area contributed by atoms with Gasteiger partial charge < -0.3 is 25.2 Å². The minimum atomic E-state index is -0.747. The van der Waals surface area contributed by atoms with E-state index in [2.05, 4.69) is 20.3 Å². The van der Waals surface area contributed by atoms with Gasteiger partial charge in [0.1, 0.15) is 11.9 Å². The first-order valence-corrected chi connectivity index (χ1v) is 9.92. The van der Waals surface area contributed by atoms with Crippen LogP contribution in [0.25, 0.3) is 0 Å². The predicted molar refractivity (Wildman–Crippen MR) is 115 cm³/mol. The fraction of sp³-hybridized carbons (Fsp3) is 0.318. The molecule has 2 aromatic rings. The summed E-state index contributed by atoms with van der Waals surface area (Å²) in [6, 6.07) is 11.5. The molecule has 9 heteroatoms. The average molecular weight is 428 g/mol. The Balaban J connectivity index is 1.47. The summed E-state index contributed by atoms with van der Waals surface area (Å²) in [5.41, 5.74) is 1.79. The van der Waals surface area contributed by atoms with Gasteiger partial charge in [0.25, 0.3) is 0 Å². The highest BCUT2D eigenvalue weighted by atomic mass is 19.1. The van der Waals surface area contributed by atoms with Crippen molar-refractivity contribution < 1.29 is 23.5 Å². The van der Waals surface area contributed by atoms with E-state index in [0.29, 0.717) is 37.4 Å². The number of esters is 1. The summed E-state index contributed by atoms with van der Waals surface area (Å²) in [7, 11) is 1.30.